The third-order valence-corrected chi connectivity index (χ3v) is 1.06. The number of rotatable bonds is 3. The molecule has 2 nitrogen and oxygen atoms in total. The van der Waals surface area contributed by atoms with E-state index in [1.807, 2.05) is 6.92 Å². The van der Waals surface area contributed by atoms with Gasteiger partial charge < -0.3 is 4.74 Å². The highest BCUT2D eigenvalue weighted by molar-refractivity contribution is 5.65. The van der Waals surface area contributed by atoms with Gasteiger partial charge in [0.05, 0.1) is 6.61 Å². The van der Waals surface area contributed by atoms with Crippen molar-refractivity contribution in [3.63, 3.8) is 0 Å². The number of esters is 1. The van der Waals surface area contributed by atoms with Crippen LogP contribution < -0.4 is 0 Å². The van der Waals surface area contributed by atoms with Gasteiger partial charge in [0.1, 0.15) is 0 Å². The Morgan fingerprint density at radius 3 is 2.67 bits per heavy atom. The van der Waals surface area contributed by atoms with Gasteiger partial charge in [-0.1, -0.05) is 13.8 Å². The molecule has 0 heterocycles. The number of ether oxygens (including phenoxy) is 1. The highest BCUT2D eigenvalue weighted by Gasteiger charge is 1.99. The van der Waals surface area contributed by atoms with E-state index in [9.17, 15) is 4.79 Å². The first-order chi connectivity index (χ1) is 4.16. The molecule has 0 aromatic heterocycles. The van der Waals surface area contributed by atoms with Crippen LogP contribution in [-0.4, -0.2) is 12.6 Å². The Hall–Kier alpha value is -0.530. The van der Waals surface area contributed by atoms with E-state index in [0.29, 0.717) is 12.5 Å². The summed E-state index contributed by atoms with van der Waals surface area (Å²) in [5, 5.41) is 0. The molecule has 0 unspecified atom stereocenters. The van der Waals surface area contributed by atoms with Crippen molar-refractivity contribution >= 4 is 5.97 Å². The number of hydrogen-bond donors (Lipinski definition) is 0. The first-order valence-electron chi connectivity index (χ1n) is 3.09. The largest absolute Gasteiger partial charge is 0.466 e. The van der Waals surface area contributed by atoms with E-state index in [4.69, 9.17) is 4.74 Å². The van der Waals surface area contributed by atoms with Gasteiger partial charge in [0, 0.05) is 6.92 Å². The Balaban J connectivity index is 3.16. The molecule has 0 amide bonds. The van der Waals surface area contributed by atoms with E-state index in [2.05, 4.69) is 6.92 Å². The normalized spacial score (nSPS) is 12.8. The maximum absolute atomic E-state index is 10.2. The molecule has 1 atom stereocenters. The monoisotopic (exact) mass is 129 g/mol. The summed E-state index contributed by atoms with van der Waals surface area (Å²) in [6.07, 6.45) is 0.813. The van der Waals surface area contributed by atoms with Crippen molar-refractivity contribution in [1.29, 1.82) is 0 Å². The predicted octanol–water partition coefficient (Wildman–Crippen LogP) is 1.41. The standard InChI is InChI=1S/C7H13O2/c1-4-6(2)5-9-7(3)8/h6H,1,4-5H2,2-3H3/t6-/m0/s1. The van der Waals surface area contributed by atoms with E-state index in [1.165, 1.54) is 6.92 Å². The van der Waals surface area contributed by atoms with Crippen LogP contribution in [0.25, 0.3) is 0 Å². The molecule has 2 heteroatoms. The molecule has 1 radical (unpaired) electrons. The van der Waals surface area contributed by atoms with E-state index in [0.717, 1.165) is 6.42 Å². The molecular formula is C7H13O2. The lowest BCUT2D eigenvalue weighted by Gasteiger charge is -2.06. The minimum atomic E-state index is -0.213. The fourth-order valence-electron chi connectivity index (χ4n) is 0.343. The number of hydrogen-bond acceptors (Lipinski definition) is 2. The lowest BCUT2D eigenvalue weighted by Crippen LogP contribution is -2.07. The molecule has 0 fully saturated rings. The van der Waals surface area contributed by atoms with Crippen LogP contribution in [0.4, 0.5) is 0 Å². The van der Waals surface area contributed by atoms with Crippen LogP contribution in [0.3, 0.4) is 0 Å². The summed E-state index contributed by atoms with van der Waals surface area (Å²) >= 11 is 0. The summed E-state index contributed by atoms with van der Waals surface area (Å²) < 4.78 is 4.72. The van der Waals surface area contributed by atoms with Gasteiger partial charge in [-0.25, -0.2) is 0 Å². The zero-order valence-electron chi connectivity index (χ0n) is 6.02. The van der Waals surface area contributed by atoms with Crippen LogP contribution in [0, 0.1) is 12.8 Å². The van der Waals surface area contributed by atoms with Gasteiger partial charge in [-0.15, -0.1) is 0 Å². The molecule has 0 aromatic carbocycles. The quantitative estimate of drug-likeness (QED) is 0.538. The molecule has 9 heavy (non-hydrogen) atoms. The number of carbonyl (C=O) groups is 1. The third-order valence-electron chi connectivity index (χ3n) is 1.06. The minimum Gasteiger partial charge on any atom is -0.466 e. The second-order valence-electron chi connectivity index (χ2n) is 2.20. The first kappa shape index (κ1) is 8.47. The van der Waals surface area contributed by atoms with Crippen molar-refractivity contribution in [2.45, 2.75) is 20.3 Å². The van der Waals surface area contributed by atoms with Crippen LogP contribution in [0.15, 0.2) is 0 Å². The molecule has 0 saturated carbocycles. The van der Waals surface area contributed by atoms with Crippen molar-refractivity contribution in [3.8, 4) is 0 Å². The van der Waals surface area contributed by atoms with Crippen molar-refractivity contribution in [3.05, 3.63) is 6.92 Å². The third kappa shape index (κ3) is 5.34. The smallest absolute Gasteiger partial charge is 0.302 e. The Morgan fingerprint density at radius 1 is 1.78 bits per heavy atom. The van der Waals surface area contributed by atoms with Crippen LogP contribution in [-0.2, 0) is 9.53 Å². The van der Waals surface area contributed by atoms with Gasteiger partial charge in [0.2, 0.25) is 0 Å². The van der Waals surface area contributed by atoms with Gasteiger partial charge in [-0.05, 0) is 12.3 Å². The Labute approximate surface area is 56.2 Å². The average molecular weight is 129 g/mol. The highest BCUT2D eigenvalue weighted by atomic mass is 16.5. The van der Waals surface area contributed by atoms with Crippen LogP contribution >= 0.6 is 0 Å². The summed E-state index contributed by atoms with van der Waals surface area (Å²) in [4.78, 5) is 10.2. The molecule has 0 aromatic rings. The first-order valence-corrected chi connectivity index (χ1v) is 3.09. The molecular weight excluding hydrogens is 116 g/mol. The van der Waals surface area contributed by atoms with Gasteiger partial charge in [0.15, 0.2) is 0 Å². The van der Waals surface area contributed by atoms with Crippen molar-refractivity contribution in [1.82, 2.24) is 0 Å². The molecule has 0 bridgehead atoms. The second-order valence-corrected chi connectivity index (χ2v) is 2.20. The zero-order valence-corrected chi connectivity index (χ0v) is 6.02. The number of carbonyl (C=O) groups excluding carboxylic acids is 1. The Bertz CT molecular complexity index is 88.9. The van der Waals surface area contributed by atoms with Crippen LogP contribution in [0.1, 0.15) is 20.3 Å². The van der Waals surface area contributed by atoms with Crippen LogP contribution in [0.5, 0.6) is 0 Å². The zero-order chi connectivity index (χ0) is 7.28. The molecule has 0 spiro atoms. The van der Waals surface area contributed by atoms with E-state index in [-0.39, 0.29) is 5.97 Å². The Morgan fingerprint density at radius 2 is 2.33 bits per heavy atom. The highest BCUT2D eigenvalue weighted by Crippen LogP contribution is 1.99. The Kier molecular flexibility index (Phi) is 4.10. The molecule has 0 aliphatic rings. The lowest BCUT2D eigenvalue weighted by molar-refractivity contribution is -0.142. The van der Waals surface area contributed by atoms with Gasteiger partial charge in [-0.2, -0.15) is 0 Å². The molecule has 0 N–H and O–H groups in total. The van der Waals surface area contributed by atoms with Gasteiger partial charge in [-0.3, -0.25) is 4.79 Å². The molecule has 0 aliphatic carbocycles. The summed E-state index contributed by atoms with van der Waals surface area (Å²) in [5.41, 5.74) is 0. The maximum atomic E-state index is 10.2. The molecule has 0 rings (SSSR count). The predicted molar refractivity (Wildman–Crippen MR) is 35.8 cm³/mol. The second kappa shape index (κ2) is 4.36. The lowest BCUT2D eigenvalue weighted by atomic mass is 10.1. The summed E-state index contributed by atoms with van der Waals surface area (Å²) in [7, 11) is 0. The summed E-state index contributed by atoms with van der Waals surface area (Å²) in [6, 6.07) is 0. The van der Waals surface area contributed by atoms with Gasteiger partial charge in [0.25, 0.3) is 0 Å². The fourth-order valence-corrected chi connectivity index (χ4v) is 0.343. The summed E-state index contributed by atoms with van der Waals surface area (Å²) in [5.74, 6) is 0.171. The molecule has 0 saturated heterocycles. The SMILES string of the molecule is [CH2]C[C@H](C)COC(C)=O. The average Bonchev–Trinajstić information content (AvgIpc) is 1.83. The van der Waals surface area contributed by atoms with Crippen molar-refractivity contribution in [2.75, 3.05) is 6.61 Å². The van der Waals surface area contributed by atoms with Crippen molar-refractivity contribution in [2.24, 2.45) is 5.92 Å². The molecule has 0 aliphatic heterocycles. The fraction of sp³-hybridized carbons (Fsp3) is 0.714. The van der Waals surface area contributed by atoms with E-state index in [1.54, 1.807) is 0 Å². The van der Waals surface area contributed by atoms with E-state index < -0.39 is 0 Å². The maximum Gasteiger partial charge on any atom is 0.302 e. The minimum absolute atomic E-state index is 0.213. The topological polar surface area (TPSA) is 26.3 Å². The van der Waals surface area contributed by atoms with E-state index >= 15 is 0 Å². The molecule has 53 valence electrons. The van der Waals surface area contributed by atoms with Crippen LogP contribution in [0.2, 0.25) is 0 Å². The van der Waals surface area contributed by atoms with Gasteiger partial charge >= 0.3 is 5.97 Å². The van der Waals surface area contributed by atoms with Crippen molar-refractivity contribution < 1.29 is 9.53 Å². The summed E-state index contributed by atoms with van der Waals surface area (Å²) in [6.45, 7) is 7.58.